The number of hydrogen-bond donors (Lipinski definition) is 4. The van der Waals surface area contributed by atoms with Gasteiger partial charge in [-0.2, -0.15) is 18.6 Å². The molecule has 4 N–H and O–H groups in total. The molecule has 17 heteroatoms. The van der Waals surface area contributed by atoms with Gasteiger partial charge in [0.25, 0.3) is 26.7 Å². The molecule has 0 spiro atoms. The van der Waals surface area contributed by atoms with E-state index in [9.17, 15) is 43.3 Å². The van der Waals surface area contributed by atoms with Gasteiger partial charge in [0.05, 0.1) is 26.5 Å². The van der Waals surface area contributed by atoms with Crippen molar-refractivity contribution in [2.24, 2.45) is 10.2 Å². The molecule has 0 unspecified atom stereocenters. The monoisotopic (exact) mass is 504 g/mol. The summed E-state index contributed by atoms with van der Waals surface area (Å²) in [5, 5.41) is 38.4. The standard InChI is InChI=1S/C18H12N6O10S/c25-16-14(7-10(23(28)29)8-15(16)24(30)31)22-21-13-6-5-12(17(26)18(13)27)20-19-9-1-3-11(4-2-9)35(32,33)34/h1-8,19,22,25H,(H,32,33,34)/b20-12+,21-13+. The summed E-state index contributed by atoms with van der Waals surface area (Å²) >= 11 is 0. The molecule has 3 aromatic carbocycles. The minimum absolute atomic E-state index is 0.224. The van der Waals surface area contributed by atoms with Crippen LogP contribution in [0.4, 0.5) is 22.7 Å². The van der Waals surface area contributed by atoms with Gasteiger partial charge >= 0.3 is 5.69 Å². The van der Waals surface area contributed by atoms with Gasteiger partial charge < -0.3 is 5.11 Å². The molecule has 0 heterocycles. The Labute approximate surface area is 192 Å². The fourth-order valence-corrected chi connectivity index (χ4v) is 3.08. The van der Waals surface area contributed by atoms with E-state index in [1.54, 1.807) is 0 Å². The number of nitrogens with zero attached hydrogens (tertiary/aromatic N) is 4. The van der Waals surface area contributed by atoms with Gasteiger partial charge in [-0.1, -0.05) is 0 Å². The van der Waals surface area contributed by atoms with Gasteiger partial charge in [0.15, 0.2) is 0 Å². The summed E-state index contributed by atoms with van der Waals surface area (Å²) in [6.45, 7) is 0. The third-order valence-corrected chi connectivity index (χ3v) is 5.17. The topological polar surface area (TPSA) is 244 Å². The van der Waals surface area contributed by atoms with Crippen molar-refractivity contribution in [3.8, 4) is 5.75 Å². The predicted octanol–water partition coefficient (Wildman–Crippen LogP) is -0.0931. The zero-order chi connectivity index (χ0) is 25.9. The number of benzene rings is 3. The average molecular weight is 504 g/mol. The molecule has 0 saturated heterocycles. The molecule has 0 atom stereocenters. The van der Waals surface area contributed by atoms with E-state index >= 15 is 0 Å². The Morgan fingerprint density at radius 3 is 1.86 bits per heavy atom. The molecule has 0 bridgehead atoms. The number of aromatic hydroxyl groups is 1. The summed E-state index contributed by atoms with van der Waals surface area (Å²) in [7, 11) is -4.39. The number of phenolic OH excluding ortho intramolecular Hbond substituents is 1. The fourth-order valence-electron chi connectivity index (χ4n) is 2.60. The van der Waals surface area contributed by atoms with Crippen LogP contribution in [0.3, 0.4) is 0 Å². The largest absolute Gasteiger partial charge is 0.501 e. The van der Waals surface area contributed by atoms with Gasteiger partial charge in [-0.3, -0.25) is 45.2 Å². The molecule has 3 aromatic rings. The first-order valence-corrected chi connectivity index (χ1v) is 10.5. The molecular weight excluding hydrogens is 492 g/mol. The van der Waals surface area contributed by atoms with E-state index in [4.69, 9.17) is 4.55 Å². The van der Waals surface area contributed by atoms with Crippen LogP contribution in [-0.4, -0.2) is 27.9 Å². The lowest BCUT2D eigenvalue weighted by Crippen LogP contribution is -2.47. The Morgan fingerprint density at radius 2 is 1.37 bits per heavy atom. The Hall–Kier alpha value is -5.03. The van der Waals surface area contributed by atoms with E-state index < -0.39 is 59.0 Å². The number of nitrogens with one attached hydrogen (secondary N) is 2. The maximum atomic E-state index is 12.3. The van der Waals surface area contributed by atoms with Gasteiger partial charge in [0.1, 0.15) is 16.4 Å². The van der Waals surface area contributed by atoms with Crippen LogP contribution in [0.2, 0.25) is 0 Å². The minimum Gasteiger partial charge on any atom is -0.501 e. The third kappa shape index (κ3) is 5.49. The van der Waals surface area contributed by atoms with Gasteiger partial charge in [-0.15, -0.1) is 0 Å². The number of phenols is 1. The van der Waals surface area contributed by atoms with Crippen LogP contribution in [0, 0.1) is 20.2 Å². The third-order valence-electron chi connectivity index (χ3n) is 4.31. The van der Waals surface area contributed by atoms with Crippen LogP contribution in [0.1, 0.15) is 0 Å². The normalized spacial score (nSPS) is 12.4. The second-order valence-electron chi connectivity index (χ2n) is 6.58. The van der Waals surface area contributed by atoms with E-state index in [1.807, 2.05) is 0 Å². The smallest absolute Gasteiger partial charge is 0.319 e. The van der Waals surface area contributed by atoms with E-state index in [-0.39, 0.29) is 15.9 Å². The summed E-state index contributed by atoms with van der Waals surface area (Å²) in [4.78, 5) is 44.2. The van der Waals surface area contributed by atoms with Crippen LogP contribution in [-0.2, 0) is 10.1 Å². The highest BCUT2D eigenvalue weighted by atomic mass is 32.2. The lowest BCUT2D eigenvalue weighted by molar-refractivity contribution is -0.394. The van der Waals surface area contributed by atoms with E-state index in [0.29, 0.717) is 6.07 Å². The first-order chi connectivity index (χ1) is 16.4. The second-order valence-corrected chi connectivity index (χ2v) is 8.01. The number of non-ortho nitro benzene ring substituents is 1. The lowest BCUT2D eigenvalue weighted by atomic mass is 10.2. The zero-order valence-electron chi connectivity index (χ0n) is 17.0. The molecule has 0 saturated carbocycles. The molecule has 180 valence electrons. The first kappa shape index (κ1) is 24.6. The predicted molar refractivity (Wildman–Crippen MR) is 117 cm³/mol. The second kappa shape index (κ2) is 9.45. The average Bonchev–Trinajstić information content (AvgIpc) is 2.79. The molecule has 0 amide bonds. The highest BCUT2D eigenvalue weighted by Crippen LogP contribution is 2.37. The van der Waals surface area contributed by atoms with Crippen molar-refractivity contribution in [2.75, 3.05) is 10.9 Å². The molecule has 0 radical (unpaired) electrons. The van der Waals surface area contributed by atoms with Crippen LogP contribution in [0.5, 0.6) is 5.75 Å². The van der Waals surface area contributed by atoms with Crippen LogP contribution in [0.15, 0.2) is 73.2 Å². The number of rotatable bonds is 7. The highest BCUT2D eigenvalue weighted by Gasteiger charge is 2.23. The van der Waals surface area contributed by atoms with Crippen LogP contribution in [0.25, 0.3) is 0 Å². The first-order valence-electron chi connectivity index (χ1n) is 9.06. The molecule has 0 aliphatic heterocycles. The van der Waals surface area contributed by atoms with Crippen molar-refractivity contribution < 1.29 is 27.9 Å². The Balaban J connectivity index is 1.93. The van der Waals surface area contributed by atoms with Gasteiger partial charge in [-0.25, -0.2) is 0 Å². The maximum Gasteiger partial charge on any atom is 0.319 e. The Bertz CT molecular complexity index is 1680. The van der Waals surface area contributed by atoms with Crippen molar-refractivity contribution in [3.63, 3.8) is 0 Å². The quantitative estimate of drug-likeness (QED) is 0.108. The van der Waals surface area contributed by atoms with Crippen molar-refractivity contribution in [1.29, 1.82) is 0 Å². The van der Waals surface area contributed by atoms with Gasteiger partial charge in [0.2, 0.25) is 5.75 Å². The van der Waals surface area contributed by atoms with Crippen molar-refractivity contribution in [1.82, 2.24) is 0 Å². The van der Waals surface area contributed by atoms with Gasteiger partial charge in [0, 0.05) is 6.07 Å². The molecular formula is C18H12N6O10S. The summed E-state index contributed by atoms with van der Waals surface area (Å²) < 4.78 is 31.0. The molecule has 3 rings (SSSR count). The molecule has 0 aliphatic carbocycles. The number of hydrogen-bond acceptors (Lipinski definition) is 13. The van der Waals surface area contributed by atoms with Crippen molar-refractivity contribution >= 4 is 32.9 Å². The molecule has 0 aliphatic rings. The van der Waals surface area contributed by atoms with Crippen molar-refractivity contribution in [2.45, 2.75) is 4.90 Å². The number of anilines is 2. The summed E-state index contributed by atoms with van der Waals surface area (Å²) in [5.74, 6) is -0.977. The molecule has 16 nitrogen and oxygen atoms in total. The van der Waals surface area contributed by atoms with Crippen molar-refractivity contribution in [3.05, 3.63) is 99.9 Å². The zero-order valence-corrected chi connectivity index (χ0v) is 17.8. The fraction of sp³-hybridized carbons (Fsp3) is 0. The van der Waals surface area contributed by atoms with Crippen LogP contribution < -0.4 is 32.4 Å². The number of nitro groups is 2. The van der Waals surface area contributed by atoms with Gasteiger partial charge in [-0.05, 0) is 36.4 Å². The minimum atomic E-state index is -4.39. The Kier molecular flexibility index (Phi) is 6.65. The summed E-state index contributed by atoms with van der Waals surface area (Å²) in [6, 6.07) is 8.07. The van der Waals surface area contributed by atoms with E-state index in [0.717, 1.165) is 30.3 Å². The molecule has 0 aromatic heterocycles. The molecule has 0 fully saturated rings. The number of nitro benzene ring substituents is 2. The molecule has 35 heavy (non-hydrogen) atoms. The van der Waals surface area contributed by atoms with E-state index in [2.05, 4.69) is 21.1 Å². The Morgan fingerprint density at radius 1 is 0.829 bits per heavy atom. The summed E-state index contributed by atoms with van der Waals surface area (Å²) in [5.41, 5.74) is 0.224. The maximum absolute atomic E-state index is 12.3. The highest BCUT2D eigenvalue weighted by molar-refractivity contribution is 7.85. The SMILES string of the molecule is O=c1c(=O)/c(=N/Nc2cc([N+](=O)[O-])cc([N+](=O)[O-])c2O)cc/c1=N\Nc1ccc(S(=O)(=O)O)cc1. The van der Waals surface area contributed by atoms with Crippen LogP contribution >= 0.6 is 0 Å². The lowest BCUT2D eigenvalue weighted by Gasteiger charge is -2.04. The summed E-state index contributed by atoms with van der Waals surface area (Å²) in [6.07, 6.45) is 0. The van der Waals surface area contributed by atoms with E-state index in [1.165, 1.54) is 12.1 Å².